The van der Waals surface area contributed by atoms with E-state index in [1.807, 2.05) is 6.07 Å². The van der Waals surface area contributed by atoms with Gasteiger partial charge in [-0.25, -0.2) is 9.97 Å². The summed E-state index contributed by atoms with van der Waals surface area (Å²) in [6, 6.07) is 12.7. The molecule has 3 aromatic rings. The summed E-state index contributed by atoms with van der Waals surface area (Å²) in [6.07, 6.45) is 3.78. The number of aromatic nitrogens is 3. The maximum Gasteiger partial charge on any atom is 0.305 e. The van der Waals surface area contributed by atoms with Crippen molar-refractivity contribution in [3.8, 4) is 0 Å². The summed E-state index contributed by atoms with van der Waals surface area (Å²) >= 11 is 0. The highest BCUT2D eigenvalue weighted by Gasteiger charge is 2.18. The summed E-state index contributed by atoms with van der Waals surface area (Å²) in [5, 5.41) is 4.57. The van der Waals surface area contributed by atoms with Crippen LogP contribution < -0.4 is 5.32 Å². The van der Waals surface area contributed by atoms with Crippen LogP contribution in [0.25, 0.3) is 11.0 Å². The Morgan fingerprint density at radius 2 is 1.86 bits per heavy atom. The van der Waals surface area contributed by atoms with Crippen molar-refractivity contribution in [3.05, 3.63) is 54.0 Å². The number of rotatable bonds is 13. The highest BCUT2D eigenvalue weighted by molar-refractivity contribution is 5.87. The number of benzene rings is 1. The predicted octanol–water partition coefficient (Wildman–Crippen LogP) is 3.61. The lowest BCUT2D eigenvalue weighted by molar-refractivity contribution is -0.140. The van der Waals surface area contributed by atoms with Gasteiger partial charge in [-0.2, -0.15) is 0 Å². The molecule has 0 aliphatic carbocycles. The Kier molecular flexibility index (Phi) is 9.66. The molecule has 0 saturated carbocycles. The quantitative estimate of drug-likeness (QED) is 0.275. The SMILES string of the molecule is COC(=O)CCCCOCCN1CCN(Cc2cc3c(N[C@H](C)c4ccccc4)ncnc3[nH]2)CC1. The van der Waals surface area contributed by atoms with Gasteiger partial charge in [-0.1, -0.05) is 30.3 Å². The second kappa shape index (κ2) is 13.3. The van der Waals surface area contributed by atoms with Crippen LogP contribution >= 0.6 is 0 Å². The molecule has 1 aromatic carbocycles. The number of H-pyrrole nitrogens is 1. The second-order valence-electron chi connectivity index (χ2n) is 9.32. The number of methoxy groups -OCH3 is 1. The van der Waals surface area contributed by atoms with Crippen molar-refractivity contribution in [2.75, 3.05) is 58.4 Å². The summed E-state index contributed by atoms with van der Waals surface area (Å²) in [5.41, 5.74) is 3.25. The fourth-order valence-electron chi connectivity index (χ4n) is 4.51. The van der Waals surface area contributed by atoms with Gasteiger partial charge in [-0.05, 0) is 31.4 Å². The number of fused-ring (bicyclic) bond motifs is 1. The van der Waals surface area contributed by atoms with Crippen molar-refractivity contribution in [1.29, 1.82) is 0 Å². The smallest absolute Gasteiger partial charge is 0.305 e. The molecule has 0 radical (unpaired) electrons. The summed E-state index contributed by atoms with van der Waals surface area (Å²) < 4.78 is 10.4. The minimum Gasteiger partial charge on any atom is -0.469 e. The normalized spacial score (nSPS) is 15.7. The van der Waals surface area contributed by atoms with Gasteiger partial charge >= 0.3 is 5.97 Å². The van der Waals surface area contributed by atoms with Gasteiger partial charge < -0.3 is 19.8 Å². The Hall–Kier alpha value is -3.01. The number of aromatic amines is 1. The minimum atomic E-state index is -0.150. The molecule has 36 heavy (non-hydrogen) atoms. The fraction of sp³-hybridized carbons (Fsp3) is 0.519. The standard InChI is InChI=1S/C27H38N6O3/c1-21(22-8-4-3-5-9-22)30-26-24-18-23(31-27(24)29-20-28-26)19-33-13-11-32(12-14-33)15-17-36-16-7-6-10-25(34)35-2/h3-5,8-9,18,20-21H,6-7,10-17,19H2,1-2H3,(H2,28,29,30,31)/t21-/m1/s1. The van der Waals surface area contributed by atoms with Crippen molar-refractivity contribution in [2.24, 2.45) is 0 Å². The largest absolute Gasteiger partial charge is 0.469 e. The summed E-state index contributed by atoms with van der Waals surface area (Å²) in [4.78, 5) is 28.5. The number of carbonyl (C=O) groups excluding carboxylic acids is 1. The number of hydrogen-bond donors (Lipinski definition) is 2. The zero-order valence-corrected chi connectivity index (χ0v) is 21.4. The summed E-state index contributed by atoms with van der Waals surface area (Å²) in [6.45, 7) is 9.51. The van der Waals surface area contributed by atoms with Gasteiger partial charge in [0, 0.05) is 64.0 Å². The first-order valence-electron chi connectivity index (χ1n) is 12.9. The Balaban J connectivity index is 1.19. The van der Waals surface area contributed by atoms with E-state index in [0.29, 0.717) is 13.0 Å². The zero-order chi connectivity index (χ0) is 25.2. The average Bonchev–Trinajstić information content (AvgIpc) is 3.33. The molecular formula is C27H38N6O3. The maximum absolute atomic E-state index is 11.1. The number of unbranched alkanes of at least 4 members (excludes halogenated alkanes) is 1. The number of nitrogens with one attached hydrogen (secondary N) is 2. The van der Waals surface area contributed by atoms with Crippen LogP contribution in [0.1, 0.15) is 43.5 Å². The molecule has 0 spiro atoms. The van der Waals surface area contributed by atoms with Crippen LogP contribution in [0.3, 0.4) is 0 Å². The van der Waals surface area contributed by atoms with E-state index in [1.54, 1.807) is 6.33 Å². The number of piperazine rings is 1. The van der Waals surface area contributed by atoms with E-state index in [4.69, 9.17) is 4.74 Å². The van der Waals surface area contributed by atoms with E-state index >= 15 is 0 Å². The lowest BCUT2D eigenvalue weighted by atomic mass is 10.1. The summed E-state index contributed by atoms with van der Waals surface area (Å²) in [7, 11) is 1.43. The number of hydrogen-bond acceptors (Lipinski definition) is 8. The van der Waals surface area contributed by atoms with Crippen molar-refractivity contribution in [1.82, 2.24) is 24.8 Å². The maximum atomic E-state index is 11.1. The second-order valence-corrected chi connectivity index (χ2v) is 9.32. The molecule has 1 saturated heterocycles. The third-order valence-electron chi connectivity index (χ3n) is 6.69. The van der Waals surface area contributed by atoms with Crippen molar-refractivity contribution in [2.45, 2.75) is 38.8 Å². The van der Waals surface area contributed by atoms with Gasteiger partial charge in [0.25, 0.3) is 0 Å². The molecule has 194 valence electrons. The molecule has 1 atom stereocenters. The van der Waals surface area contributed by atoms with Crippen LogP contribution in [0.5, 0.6) is 0 Å². The molecule has 0 unspecified atom stereocenters. The van der Waals surface area contributed by atoms with Crippen LogP contribution in [0, 0.1) is 0 Å². The molecule has 1 aliphatic heterocycles. The molecule has 2 aromatic heterocycles. The molecule has 1 fully saturated rings. The number of carbonyl (C=O) groups is 1. The first-order chi connectivity index (χ1) is 17.6. The highest BCUT2D eigenvalue weighted by atomic mass is 16.5. The number of esters is 1. The molecule has 3 heterocycles. The number of nitrogens with zero attached hydrogens (tertiary/aromatic N) is 4. The van der Waals surface area contributed by atoms with Gasteiger partial charge in [0.15, 0.2) is 0 Å². The zero-order valence-electron chi connectivity index (χ0n) is 21.4. The highest BCUT2D eigenvalue weighted by Crippen LogP contribution is 2.25. The van der Waals surface area contributed by atoms with Gasteiger partial charge in [-0.3, -0.25) is 14.6 Å². The van der Waals surface area contributed by atoms with E-state index in [1.165, 1.54) is 12.7 Å². The molecule has 4 rings (SSSR count). The van der Waals surface area contributed by atoms with E-state index in [2.05, 4.69) is 72.1 Å². The van der Waals surface area contributed by atoms with Crippen LogP contribution in [-0.2, 0) is 20.8 Å². The molecule has 2 N–H and O–H groups in total. The monoisotopic (exact) mass is 494 g/mol. The Bertz CT molecular complexity index is 1080. The Morgan fingerprint density at radius 3 is 2.64 bits per heavy atom. The van der Waals surface area contributed by atoms with E-state index < -0.39 is 0 Å². The molecule has 9 heteroatoms. The topological polar surface area (TPSA) is 95.6 Å². The van der Waals surface area contributed by atoms with Crippen LogP contribution in [0.4, 0.5) is 5.82 Å². The molecule has 0 bridgehead atoms. The van der Waals surface area contributed by atoms with E-state index in [9.17, 15) is 4.79 Å². The van der Waals surface area contributed by atoms with Gasteiger partial charge in [0.2, 0.25) is 0 Å². The molecule has 0 amide bonds. The molecule has 9 nitrogen and oxygen atoms in total. The summed E-state index contributed by atoms with van der Waals surface area (Å²) in [5.74, 6) is 0.706. The Labute approximate surface area is 213 Å². The van der Waals surface area contributed by atoms with Crippen LogP contribution in [0.2, 0.25) is 0 Å². The number of ether oxygens (including phenoxy) is 2. The first kappa shape index (κ1) is 26.1. The Morgan fingerprint density at radius 1 is 1.08 bits per heavy atom. The van der Waals surface area contributed by atoms with E-state index in [0.717, 1.165) is 81.3 Å². The first-order valence-corrected chi connectivity index (χ1v) is 12.9. The van der Waals surface area contributed by atoms with Crippen LogP contribution in [0.15, 0.2) is 42.7 Å². The third-order valence-corrected chi connectivity index (χ3v) is 6.69. The van der Waals surface area contributed by atoms with Gasteiger partial charge in [0.05, 0.1) is 19.1 Å². The van der Waals surface area contributed by atoms with Gasteiger partial charge in [0.1, 0.15) is 17.8 Å². The van der Waals surface area contributed by atoms with Gasteiger partial charge in [-0.15, -0.1) is 0 Å². The van der Waals surface area contributed by atoms with Crippen molar-refractivity contribution < 1.29 is 14.3 Å². The lowest BCUT2D eigenvalue weighted by Gasteiger charge is -2.34. The molecule has 1 aliphatic rings. The average molecular weight is 495 g/mol. The van der Waals surface area contributed by atoms with E-state index in [-0.39, 0.29) is 12.0 Å². The fourth-order valence-corrected chi connectivity index (χ4v) is 4.51. The van der Waals surface area contributed by atoms with Crippen molar-refractivity contribution in [3.63, 3.8) is 0 Å². The third kappa shape index (κ3) is 7.49. The van der Waals surface area contributed by atoms with Crippen LogP contribution in [-0.4, -0.2) is 83.8 Å². The lowest BCUT2D eigenvalue weighted by Crippen LogP contribution is -2.46. The minimum absolute atomic E-state index is 0.150. The predicted molar refractivity (Wildman–Crippen MR) is 141 cm³/mol. The molecular weight excluding hydrogens is 456 g/mol. The number of anilines is 1. The van der Waals surface area contributed by atoms with Crippen molar-refractivity contribution >= 4 is 22.8 Å².